The van der Waals surface area contributed by atoms with Gasteiger partial charge in [0.2, 0.25) is 5.95 Å². The van der Waals surface area contributed by atoms with Crippen molar-refractivity contribution in [3.63, 3.8) is 0 Å². The van der Waals surface area contributed by atoms with Gasteiger partial charge in [-0.25, -0.2) is 9.97 Å². The minimum absolute atomic E-state index is 0.00996. The Morgan fingerprint density at radius 3 is 2.60 bits per heavy atom. The number of nitrogens with two attached hydrogens (primary N) is 1. The molecule has 0 saturated heterocycles. The number of nitrogens with one attached hydrogen (secondary N) is 1. The van der Waals surface area contributed by atoms with Gasteiger partial charge in [-0.2, -0.15) is 15.8 Å². The zero-order valence-electron chi connectivity index (χ0n) is 22.4. The van der Waals surface area contributed by atoms with Gasteiger partial charge in [-0.05, 0) is 12.5 Å². The minimum atomic E-state index is -1.85. The lowest BCUT2D eigenvalue weighted by molar-refractivity contribution is -0.0238. The molecule has 14 heteroatoms. The van der Waals surface area contributed by atoms with Gasteiger partial charge in [0, 0.05) is 11.9 Å². The van der Waals surface area contributed by atoms with Crippen LogP contribution in [0.4, 0.5) is 11.8 Å². The van der Waals surface area contributed by atoms with Crippen LogP contribution in [0.5, 0.6) is 0 Å². The molecule has 2 atom stereocenters. The molecular formula is C26H33N8O5P. The van der Waals surface area contributed by atoms with Gasteiger partial charge in [0.15, 0.2) is 5.82 Å². The van der Waals surface area contributed by atoms with Gasteiger partial charge in [-0.15, -0.1) is 0 Å². The number of fused-ring (bicyclic) bond motifs is 3. The fraction of sp³-hybridized carbons (Fsp3) is 0.500. The van der Waals surface area contributed by atoms with Gasteiger partial charge in [0.05, 0.1) is 68.6 Å². The quantitative estimate of drug-likeness (QED) is 0.156. The second-order valence-electron chi connectivity index (χ2n) is 8.44. The Hall–Kier alpha value is -3.60. The van der Waals surface area contributed by atoms with Gasteiger partial charge in [-0.3, -0.25) is 0 Å². The molecule has 212 valence electrons. The largest absolute Gasteiger partial charge is 0.382 e. The number of hydrogen-bond acceptors (Lipinski definition) is 12. The van der Waals surface area contributed by atoms with Gasteiger partial charge in [-0.1, -0.05) is 31.5 Å². The Kier molecular flexibility index (Phi) is 13.3. The third-order valence-corrected chi connectivity index (χ3v) is 6.71. The first-order chi connectivity index (χ1) is 19.6. The van der Waals surface area contributed by atoms with E-state index in [0.29, 0.717) is 23.8 Å². The van der Waals surface area contributed by atoms with Crippen LogP contribution in [0.25, 0.3) is 21.9 Å². The van der Waals surface area contributed by atoms with E-state index in [1.165, 1.54) is 0 Å². The number of aromatic nitrogens is 3. The Balaban J connectivity index is 1.76. The van der Waals surface area contributed by atoms with E-state index in [4.69, 9.17) is 49.5 Å². The van der Waals surface area contributed by atoms with Crippen molar-refractivity contribution < 1.29 is 23.0 Å². The summed E-state index contributed by atoms with van der Waals surface area (Å²) < 4.78 is 30.2. The summed E-state index contributed by atoms with van der Waals surface area (Å²) in [5.41, 5.74) is 8.50. The van der Waals surface area contributed by atoms with Crippen LogP contribution in [0.3, 0.4) is 0 Å². The molecular weight excluding hydrogens is 535 g/mol. The van der Waals surface area contributed by atoms with Gasteiger partial charge >= 0.3 is 8.60 Å². The first-order valence-corrected chi connectivity index (χ1v) is 14.0. The SMILES string of the molecule is CCCCNc1nc2c(N)nc3ccccc3c2n1CCOP(OCCC#N)OC[C@@H](COCC#N)OCC#N. The first kappa shape index (κ1) is 30.9. The zero-order chi connectivity index (χ0) is 28.6. The minimum Gasteiger partial charge on any atom is -0.382 e. The smallest absolute Gasteiger partial charge is 0.332 e. The third-order valence-electron chi connectivity index (χ3n) is 5.57. The first-order valence-electron chi connectivity index (χ1n) is 12.9. The van der Waals surface area contributed by atoms with Crippen molar-refractivity contribution in [1.29, 1.82) is 15.8 Å². The number of nitriles is 3. The fourth-order valence-corrected chi connectivity index (χ4v) is 4.73. The molecule has 40 heavy (non-hydrogen) atoms. The van der Waals surface area contributed by atoms with Crippen molar-refractivity contribution in [3.8, 4) is 18.2 Å². The van der Waals surface area contributed by atoms with Crippen molar-refractivity contribution in [2.24, 2.45) is 0 Å². The number of ether oxygens (including phenoxy) is 2. The van der Waals surface area contributed by atoms with Crippen LogP contribution in [-0.4, -0.2) is 66.8 Å². The Labute approximate surface area is 234 Å². The summed E-state index contributed by atoms with van der Waals surface area (Å²) in [5, 5.41) is 30.8. The van der Waals surface area contributed by atoms with Crippen LogP contribution < -0.4 is 11.1 Å². The summed E-state index contributed by atoms with van der Waals surface area (Å²) >= 11 is 0. The molecule has 2 heterocycles. The topological polar surface area (TPSA) is 186 Å². The van der Waals surface area contributed by atoms with Crippen LogP contribution in [0.1, 0.15) is 26.2 Å². The van der Waals surface area contributed by atoms with Crippen LogP contribution in [0.2, 0.25) is 0 Å². The molecule has 0 spiro atoms. The number of benzene rings is 1. The molecule has 3 N–H and O–H groups in total. The maximum Gasteiger partial charge on any atom is 0.332 e. The average molecular weight is 569 g/mol. The van der Waals surface area contributed by atoms with E-state index < -0.39 is 14.7 Å². The van der Waals surface area contributed by atoms with E-state index in [2.05, 4.69) is 17.2 Å². The fourth-order valence-electron chi connectivity index (χ4n) is 3.75. The summed E-state index contributed by atoms with van der Waals surface area (Å²) in [6, 6.07) is 13.6. The molecule has 3 aromatic rings. The second-order valence-corrected chi connectivity index (χ2v) is 9.66. The summed E-state index contributed by atoms with van der Waals surface area (Å²) in [4.78, 5) is 9.27. The molecule has 2 aromatic heterocycles. The van der Waals surface area contributed by atoms with E-state index >= 15 is 0 Å². The van der Waals surface area contributed by atoms with Gasteiger partial charge in [0.25, 0.3) is 0 Å². The van der Waals surface area contributed by atoms with E-state index in [1.54, 1.807) is 0 Å². The highest BCUT2D eigenvalue weighted by atomic mass is 31.2. The highest BCUT2D eigenvalue weighted by Crippen LogP contribution is 2.40. The molecule has 0 aliphatic rings. The number of unbranched alkanes of at least 4 members (excludes halogenated alkanes) is 1. The van der Waals surface area contributed by atoms with E-state index in [9.17, 15) is 0 Å². The molecule has 0 aliphatic carbocycles. The maximum atomic E-state index is 8.91. The maximum absolute atomic E-state index is 8.91. The lowest BCUT2D eigenvalue weighted by Gasteiger charge is -2.21. The molecule has 3 rings (SSSR count). The predicted molar refractivity (Wildman–Crippen MR) is 150 cm³/mol. The Morgan fingerprint density at radius 2 is 1.82 bits per heavy atom. The summed E-state index contributed by atoms with van der Waals surface area (Å²) in [7, 11) is -1.85. The number of nitrogen functional groups attached to an aromatic ring is 1. The lowest BCUT2D eigenvalue weighted by atomic mass is 10.2. The Bertz CT molecular complexity index is 1350. The normalized spacial score (nSPS) is 12.6. The monoisotopic (exact) mass is 568 g/mol. The third kappa shape index (κ3) is 8.97. The van der Waals surface area contributed by atoms with Crippen molar-refractivity contribution >= 4 is 42.3 Å². The number of hydrogen-bond donors (Lipinski definition) is 2. The van der Waals surface area contributed by atoms with Crippen LogP contribution in [-0.2, 0) is 29.6 Å². The van der Waals surface area contributed by atoms with Crippen molar-refractivity contribution in [1.82, 2.24) is 14.5 Å². The number of rotatable bonds is 19. The van der Waals surface area contributed by atoms with E-state index in [1.807, 2.05) is 47.0 Å². The number of nitrogens with zero attached hydrogens (tertiary/aromatic N) is 6. The number of pyridine rings is 1. The molecule has 0 aliphatic heterocycles. The van der Waals surface area contributed by atoms with E-state index in [0.717, 1.165) is 35.8 Å². The summed E-state index contributed by atoms with van der Waals surface area (Å²) in [6.45, 7) is 3.40. The lowest BCUT2D eigenvalue weighted by Crippen LogP contribution is -2.25. The standard InChI is InChI=1S/C26H33N8O5P/c1-2-3-12-31-26-33-23-24(21-7-4-5-8-22(21)32-25(23)30)34(26)13-17-38-40(37-14-6-9-27)39-19-20(36-16-11-29)18-35-15-10-28/h4-5,7-8,20H,2-3,6,12-19H2,1H3,(H2,30,32)(H,31,33)/t20-,40?/m1/s1. The number of para-hydroxylation sites is 1. The highest BCUT2D eigenvalue weighted by molar-refractivity contribution is 7.41. The van der Waals surface area contributed by atoms with Crippen molar-refractivity contribution in [2.75, 3.05) is 57.2 Å². The number of imidazole rings is 1. The van der Waals surface area contributed by atoms with Crippen LogP contribution >= 0.6 is 8.60 Å². The molecule has 13 nitrogen and oxygen atoms in total. The summed E-state index contributed by atoms with van der Waals surface area (Å²) in [6.07, 6.45) is 1.58. The average Bonchev–Trinajstić information content (AvgIpc) is 3.33. The van der Waals surface area contributed by atoms with Gasteiger partial charge < -0.3 is 38.7 Å². The zero-order valence-corrected chi connectivity index (χ0v) is 23.3. The molecule has 0 saturated carbocycles. The molecule has 0 fully saturated rings. The van der Waals surface area contributed by atoms with Crippen LogP contribution in [0, 0.1) is 34.0 Å². The van der Waals surface area contributed by atoms with Crippen molar-refractivity contribution in [3.05, 3.63) is 24.3 Å². The molecule has 0 amide bonds. The predicted octanol–water partition coefficient (Wildman–Crippen LogP) is 4.02. The highest BCUT2D eigenvalue weighted by Gasteiger charge is 2.20. The molecule has 1 aromatic carbocycles. The summed E-state index contributed by atoms with van der Waals surface area (Å²) in [5.74, 6) is 1.01. The molecule has 0 bridgehead atoms. The molecule has 1 unspecified atom stereocenters. The Morgan fingerprint density at radius 1 is 1.02 bits per heavy atom. The van der Waals surface area contributed by atoms with Gasteiger partial charge in [0.1, 0.15) is 24.8 Å². The second kappa shape index (κ2) is 17.2. The van der Waals surface area contributed by atoms with E-state index in [-0.39, 0.29) is 46.1 Å². The van der Waals surface area contributed by atoms with Crippen molar-refractivity contribution in [2.45, 2.75) is 38.8 Å². The molecule has 0 radical (unpaired) electrons. The van der Waals surface area contributed by atoms with Crippen LogP contribution in [0.15, 0.2) is 24.3 Å². The number of anilines is 2.